The third-order valence-corrected chi connectivity index (χ3v) is 11.9. The second-order valence-corrected chi connectivity index (χ2v) is 15.3. The fourth-order valence-corrected chi connectivity index (χ4v) is 8.86. The average molecular weight is 747 g/mol. The van der Waals surface area contributed by atoms with Gasteiger partial charge in [0.05, 0.1) is 19.8 Å². The fourth-order valence-electron chi connectivity index (χ4n) is 5.33. The zero-order valence-corrected chi connectivity index (χ0v) is 28.7. The van der Waals surface area contributed by atoms with E-state index in [0.29, 0.717) is 61.5 Å². The van der Waals surface area contributed by atoms with Gasteiger partial charge in [-0.3, -0.25) is 0 Å². The Morgan fingerprint density at radius 3 is 2.50 bits per heavy atom. The highest BCUT2D eigenvalue weighted by Gasteiger charge is 2.42. The number of aromatic nitrogens is 2. The van der Waals surface area contributed by atoms with Crippen molar-refractivity contribution in [2.75, 3.05) is 50.1 Å². The van der Waals surface area contributed by atoms with Gasteiger partial charge in [-0.2, -0.15) is 13.1 Å². The Morgan fingerprint density at radius 1 is 1.08 bits per heavy atom. The predicted molar refractivity (Wildman–Crippen MR) is 174 cm³/mol. The third kappa shape index (κ3) is 8.25. The van der Waals surface area contributed by atoms with E-state index in [9.17, 15) is 22.0 Å². The van der Waals surface area contributed by atoms with Gasteiger partial charge in [0.25, 0.3) is 0 Å². The van der Waals surface area contributed by atoms with Gasteiger partial charge in [0.15, 0.2) is 29.3 Å². The molecule has 17 heteroatoms. The molecule has 258 valence electrons. The largest absolute Gasteiger partial charge is 0.489 e. The topological polar surface area (TPSA) is 122 Å². The number of esters is 1. The van der Waals surface area contributed by atoms with Crippen molar-refractivity contribution in [3.63, 3.8) is 0 Å². The molecule has 4 heterocycles. The molecular formula is C31H33Cl2F2N4O7S2+. The molecule has 3 fully saturated rings. The summed E-state index contributed by atoms with van der Waals surface area (Å²) in [6, 6.07) is 7.40. The number of hydrogen-bond acceptors (Lipinski definition) is 10. The number of H-pyrrole nitrogens is 1. The van der Waals surface area contributed by atoms with Gasteiger partial charge >= 0.3 is 12.6 Å². The van der Waals surface area contributed by atoms with E-state index in [1.54, 1.807) is 6.07 Å². The van der Waals surface area contributed by atoms with E-state index in [-0.39, 0.29) is 39.4 Å². The van der Waals surface area contributed by atoms with E-state index in [0.717, 1.165) is 28.9 Å². The summed E-state index contributed by atoms with van der Waals surface area (Å²) >= 11 is 14.0. The molecule has 48 heavy (non-hydrogen) atoms. The number of sulfonamides is 1. The number of carbonyl (C=O) groups is 1. The molecule has 2 atom stereocenters. The summed E-state index contributed by atoms with van der Waals surface area (Å²) in [6.45, 7) is -0.289. The highest BCUT2D eigenvalue weighted by Crippen LogP contribution is 2.39. The van der Waals surface area contributed by atoms with E-state index >= 15 is 0 Å². The van der Waals surface area contributed by atoms with Crippen LogP contribution in [0.3, 0.4) is 0 Å². The zero-order valence-electron chi connectivity index (χ0n) is 25.5. The molecule has 2 aromatic heterocycles. The molecule has 0 spiro atoms. The highest BCUT2D eigenvalue weighted by molar-refractivity contribution is 8.02. The molecule has 0 radical (unpaired) electrons. The number of anilines is 1. The van der Waals surface area contributed by atoms with Crippen molar-refractivity contribution < 1.29 is 45.9 Å². The van der Waals surface area contributed by atoms with Crippen LogP contribution in [0.15, 0.2) is 53.8 Å². The van der Waals surface area contributed by atoms with Crippen LogP contribution in [0.2, 0.25) is 10.0 Å². The quantitative estimate of drug-likeness (QED) is 0.221. The van der Waals surface area contributed by atoms with Gasteiger partial charge in [0.2, 0.25) is 10.0 Å². The minimum atomic E-state index is -4.13. The maximum absolute atomic E-state index is 13.8. The number of halogens is 4. The lowest BCUT2D eigenvalue weighted by Crippen LogP contribution is -2.41. The number of thioether (sulfide) groups is 1. The van der Waals surface area contributed by atoms with E-state index in [2.05, 4.69) is 14.7 Å². The number of benzene rings is 1. The van der Waals surface area contributed by atoms with Crippen molar-refractivity contribution >= 4 is 56.8 Å². The molecule has 1 N–H and O–H groups in total. The van der Waals surface area contributed by atoms with Crippen molar-refractivity contribution in [1.29, 1.82) is 0 Å². The van der Waals surface area contributed by atoms with Gasteiger partial charge in [-0.25, -0.2) is 23.2 Å². The second kappa shape index (κ2) is 15.3. The van der Waals surface area contributed by atoms with E-state index in [1.807, 2.05) is 4.90 Å². The van der Waals surface area contributed by atoms with Gasteiger partial charge in [-0.05, 0) is 48.6 Å². The Balaban J connectivity index is 1.26. The van der Waals surface area contributed by atoms with Crippen LogP contribution in [0, 0.1) is 5.92 Å². The standard InChI is InChI=1S/C31H32Cl2F2N4O7S2/c32-23-16-36-17-24(33)22(23)14-26(20-3-5-25(46-31(34)35)27(13-20)44-18-19-1-2-19)45-30(40)29-39(9-12-47-29)48(41,42)21-4-6-28(37-15-21)38-7-10-43-11-8-38/h3-6,13,15-17,19,26,29,31H,1-2,7-12,14,18H2/p+1/t26-,29-/m0/s1. The number of pyridine rings is 2. The molecule has 0 unspecified atom stereocenters. The molecule has 2 aliphatic heterocycles. The van der Waals surface area contributed by atoms with Crippen molar-refractivity contribution in [2.45, 2.75) is 42.2 Å². The van der Waals surface area contributed by atoms with Crippen LogP contribution in [0.25, 0.3) is 0 Å². The molecule has 1 aliphatic carbocycles. The van der Waals surface area contributed by atoms with E-state index in [4.69, 9.17) is 37.4 Å². The second-order valence-electron chi connectivity index (χ2n) is 11.4. The van der Waals surface area contributed by atoms with Gasteiger partial charge in [-0.15, -0.1) is 11.8 Å². The summed E-state index contributed by atoms with van der Waals surface area (Å²) < 4.78 is 77.0. The Labute approximate surface area is 290 Å². The summed E-state index contributed by atoms with van der Waals surface area (Å²) in [6.07, 6.45) is 5.21. The molecule has 2 saturated heterocycles. The van der Waals surface area contributed by atoms with Crippen molar-refractivity contribution in [1.82, 2.24) is 9.29 Å². The maximum atomic E-state index is 13.8. The number of aromatic amines is 1. The summed E-state index contributed by atoms with van der Waals surface area (Å²) in [7, 11) is -4.13. The molecular weight excluding hydrogens is 713 g/mol. The molecule has 11 nitrogen and oxygen atoms in total. The summed E-state index contributed by atoms with van der Waals surface area (Å²) in [5.74, 6) is 0.389. The van der Waals surface area contributed by atoms with Gasteiger partial charge in [-0.1, -0.05) is 29.3 Å². The van der Waals surface area contributed by atoms with Crippen molar-refractivity contribution in [3.05, 3.63) is 70.1 Å². The molecule has 0 amide bonds. The number of nitrogens with one attached hydrogen (secondary N) is 1. The number of carbonyl (C=O) groups excluding carboxylic acids is 1. The number of hydrogen-bond donors (Lipinski definition) is 0. The number of morpholine rings is 1. The Bertz CT molecular complexity index is 1700. The fraction of sp³-hybridized carbons (Fsp3) is 0.452. The van der Waals surface area contributed by atoms with E-state index < -0.39 is 34.1 Å². The lowest BCUT2D eigenvalue weighted by Gasteiger charge is -2.28. The SMILES string of the molecule is O=C(O[C@@H](Cc1c(Cl)c[nH+]cc1Cl)c1ccc(OC(F)F)c(OCC2CC2)c1)[C@@H]1SCCN1S(=O)(=O)c1ccc(N2CCOCC2)nc1. The van der Waals surface area contributed by atoms with Crippen LogP contribution in [-0.4, -0.2) is 80.9 Å². The zero-order chi connectivity index (χ0) is 33.8. The minimum Gasteiger partial charge on any atom is -0.489 e. The van der Waals surface area contributed by atoms with Gasteiger partial charge < -0.3 is 23.8 Å². The molecule has 3 aromatic rings. The van der Waals surface area contributed by atoms with Crippen LogP contribution in [-0.2, 0) is 30.7 Å². The van der Waals surface area contributed by atoms with Gasteiger partial charge in [0.1, 0.15) is 26.9 Å². The van der Waals surface area contributed by atoms with Gasteiger partial charge in [0, 0.05) is 43.6 Å². The Morgan fingerprint density at radius 2 is 1.83 bits per heavy atom. The maximum Gasteiger partial charge on any atom is 0.387 e. The van der Waals surface area contributed by atoms with Crippen molar-refractivity contribution in [3.8, 4) is 11.5 Å². The lowest BCUT2D eigenvalue weighted by atomic mass is 10.0. The third-order valence-electron chi connectivity index (χ3n) is 8.08. The number of rotatable bonds is 13. The first-order valence-corrected chi connectivity index (χ1v) is 18.5. The molecule has 6 rings (SSSR count). The number of alkyl halides is 2. The number of nitrogens with zero attached hydrogens (tertiary/aromatic N) is 3. The smallest absolute Gasteiger partial charge is 0.387 e. The molecule has 1 saturated carbocycles. The summed E-state index contributed by atoms with van der Waals surface area (Å²) in [5, 5.41) is -0.642. The molecule has 3 aliphatic rings. The molecule has 0 bridgehead atoms. The van der Waals surface area contributed by atoms with Crippen molar-refractivity contribution in [2.24, 2.45) is 5.92 Å². The lowest BCUT2D eigenvalue weighted by molar-refractivity contribution is -0.377. The first-order chi connectivity index (χ1) is 23.1. The summed E-state index contributed by atoms with van der Waals surface area (Å²) in [4.78, 5) is 23.0. The number of ether oxygens (including phenoxy) is 4. The van der Waals surface area contributed by atoms with Crippen LogP contribution in [0.4, 0.5) is 14.6 Å². The normalized spacial score (nSPS) is 19.4. The highest BCUT2D eigenvalue weighted by atomic mass is 35.5. The predicted octanol–water partition coefficient (Wildman–Crippen LogP) is 5.02. The molecule has 1 aromatic carbocycles. The van der Waals surface area contributed by atoms with Crippen LogP contribution in [0.1, 0.15) is 30.1 Å². The van der Waals surface area contributed by atoms with Crippen LogP contribution < -0.4 is 19.4 Å². The summed E-state index contributed by atoms with van der Waals surface area (Å²) in [5.41, 5.74) is 0.842. The first-order valence-electron chi connectivity index (χ1n) is 15.3. The minimum absolute atomic E-state index is 0.00768. The Kier molecular flexibility index (Phi) is 11.1. The van der Waals surface area contributed by atoms with Crippen LogP contribution >= 0.6 is 35.0 Å². The van der Waals surface area contributed by atoms with E-state index in [1.165, 1.54) is 42.9 Å². The monoisotopic (exact) mass is 745 g/mol. The Hall–Kier alpha value is -2.95. The average Bonchev–Trinajstić information content (AvgIpc) is 3.77. The van der Waals surface area contributed by atoms with Crippen LogP contribution in [0.5, 0.6) is 11.5 Å². The first kappa shape index (κ1) is 34.9.